The van der Waals surface area contributed by atoms with E-state index < -0.39 is 17.3 Å². The molecule has 9 nitrogen and oxygen atoms in total. The van der Waals surface area contributed by atoms with Gasteiger partial charge in [0.1, 0.15) is 17.7 Å². The summed E-state index contributed by atoms with van der Waals surface area (Å²) in [6, 6.07) is 2.89. The lowest BCUT2D eigenvalue weighted by atomic mass is 9.79. The molecule has 0 aliphatic heterocycles. The van der Waals surface area contributed by atoms with Gasteiger partial charge in [0, 0.05) is 38.8 Å². The number of halogens is 2. The molecule has 0 radical (unpaired) electrons. The maximum Gasteiger partial charge on any atom is 0.304 e. The van der Waals surface area contributed by atoms with Crippen molar-refractivity contribution in [3.63, 3.8) is 0 Å². The Balaban J connectivity index is 1.92. The van der Waals surface area contributed by atoms with Crippen LogP contribution in [-0.2, 0) is 10.7 Å². The normalized spacial score (nSPS) is 20.5. The maximum atomic E-state index is 14.0. The third-order valence-electron chi connectivity index (χ3n) is 4.45. The summed E-state index contributed by atoms with van der Waals surface area (Å²) in [5.41, 5.74) is -0.470. The van der Waals surface area contributed by atoms with E-state index in [1.807, 2.05) is 0 Å². The van der Waals surface area contributed by atoms with Crippen LogP contribution in [0.25, 0.3) is 0 Å². The molecule has 1 amide bonds. The number of hydrogen-bond acceptors (Lipinski definition) is 8. The van der Waals surface area contributed by atoms with Crippen LogP contribution in [0.2, 0.25) is 0 Å². The molecule has 1 aliphatic carbocycles. The summed E-state index contributed by atoms with van der Waals surface area (Å²) in [7, 11) is 0. The van der Waals surface area contributed by atoms with E-state index in [-0.39, 0.29) is 29.5 Å². The summed E-state index contributed by atoms with van der Waals surface area (Å²) in [5, 5.41) is 15.3. The summed E-state index contributed by atoms with van der Waals surface area (Å²) < 4.78 is 39.2. The Morgan fingerprint density at radius 1 is 1.32 bits per heavy atom. The zero-order valence-corrected chi connectivity index (χ0v) is 17.7. The van der Waals surface area contributed by atoms with Crippen molar-refractivity contribution in [2.45, 2.75) is 58.2 Å². The minimum Gasteiger partial charge on any atom is -0.490 e. The number of hydrogen-bond donors (Lipinski definition) is 3. The third kappa shape index (κ3) is 5.97. The Hall–Kier alpha value is -3.08. The molecule has 1 aliphatic rings. The SMILES string of the molecule is CCOc1cnc(NC(C)=O)cc1Nc1cc(OC2CC(C)(O)C2)nc(C(C)(F)F)n1. The zero-order valence-electron chi connectivity index (χ0n) is 17.7. The Labute approximate surface area is 178 Å². The van der Waals surface area contributed by atoms with Gasteiger partial charge in [-0.2, -0.15) is 13.8 Å². The average molecular weight is 437 g/mol. The summed E-state index contributed by atoms with van der Waals surface area (Å²) in [5.74, 6) is -3.72. The molecule has 2 heterocycles. The molecule has 0 spiro atoms. The molecule has 1 saturated carbocycles. The highest BCUT2D eigenvalue weighted by molar-refractivity contribution is 5.88. The summed E-state index contributed by atoms with van der Waals surface area (Å²) >= 11 is 0. The molecule has 0 saturated heterocycles. The number of ether oxygens (including phenoxy) is 2. The molecule has 0 unspecified atom stereocenters. The standard InChI is InChI=1S/C20H25F2N5O4/c1-5-30-14-10-23-15(24-11(2)28)6-13(14)25-16-7-17(27-18(26-16)20(4,21)22)31-12-8-19(3,29)9-12/h6-7,10,12,29H,5,8-9H2,1-4H3,(H2,23,24,25,26,27,28). The number of pyridine rings is 1. The second-order valence-electron chi connectivity index (χ2n) is 7.75. The van der Waals surface area contributed by atoms with Gasteiger partial charge in [0.15, 0.2) is 5.75 Å². The van der Waals surface area contributed by atoms with Crippen LogP contribution in [0.3, 0.4) is 0 Å². The van der Waals surface area contributed by atoms with Gasteiger partial charge in [-0.15, -0.1) is 0 Å². The smallest absolute Gasteiger partial charge is 0.304 e. The van der Waals surface area contributed by atoms with E-state index in [9.17, 15) is 18.7 Å². The van der Waals surface area contributed by atoms with Crippen molar-refractivity contribution in [1.29, 1.82) is 0 Å². The number of aliphatic hydroxyl groups is 1. The zero-order chi connectivity index (χ0) is 22.8. The second kappa shape index (κ2) is 8.58. The first-order valence-corrected chi connectivity index (χ1v) is 9.79. The largest absolute Gasteiger partial charge is 0.490 e. The second-order valence-corrected chi connectivity index (χ2v) is 7.75. The van der Waals surface area contributed by atoms with E-state index in [2.05, 4.69) is 25.6 Å². The van der Waals surface area contributed by atoms with E-state index in [0.29, 0.717) is 37.8 Å². The van der Waals surface area contributed by atoms with Crippen LogP contribution in [-0.4, -0.2) is 44.3 Å². The van der Waals surface area contributed by atoms with Gasteiger partial charge < -0.3 is 25.2 Å². The Morgan fingerprint density at radius 2 is 2.03 bits per heavy atom. The van der Waals surface area contributed by atoms with Crippen LogP contribution in [0.1, 0.15) is 46.4 Å². The topological polar surface area (TPSA) is 118 Å². The van der Waals surface area contributed by atoms with Crippen molar-refractivity contribution in [2.24, 2.45) is 0 Å². The number of aromatic nitrogens is 3. The highest BCUT2D eigenvalue weighted by Crippen LogP contribution is 2.36. The monoisotopic (exact) mass is 437 g/mol. The molecule has 2 aromatic heterocycles. The summed E-state index contributed by atoms with van der Waals surface area (Å²) in [6.07, 6.45) is 1.82. The van der Waals surface area contributed by atoms with E-state index in [4.69, 9.17) is 9.47 Å². The van der Waals surface area contributed by atoms with Gasteiger partial charge >= 0.3 is 5.92 Å². The minimum absolute atomic E-state index is 0.0383. The van der Waals surface area contributed by atoms with E-state index in [0.717, 1.165) is 0 Å². The Morgan fingerprint density at radius 3 is 2.61 bits per heavy atom. The fourth-order valence-electron chi connectivity index (χ4n) is 3.12. The predicted molar refractivity (Wildman–Crippen MR) is 109 cm³/mol. The first-order valence-electron chi connectivity index (χ1n) is 9.79. The number of nitrogens with one attached hydrogen (secondary N) is 2. The number of carbonyl (C=O) groups excluding carboxylic acids is 1. The van der Waals surface area contributed by atoms with Crippen molar-refractivity contribution in [1.82, 2.24) is 15.0 Å². The Kier molecular flexibility index (Phi) is 6.25. The molecule has 2 aromatic rings. The molecule has 3 rings (SSSR count). The molecule has 3 N–H and O–H groups in total. The molecular weight excluding hydrogens is 412 g/mol. The van der Waals surface area contributed by atoms with Crippen molar-refractivity contribution < 1.29 is 28.2 Å². The van der Waals surface area contributed by atoms with Gasteiger partial charge in [-0.25, -0.2) is 9.97 Å². The van der Waals surface area contributed by atoms with Gasteiger partial charge in [0.2, 0.25) is 17.6 Å². The van der Waals surface area contributed by atoms with Crippen LogP contribution < -0.4 is 20.1 Å². The highest BCUT2D eigenvalue weighted by Gasteiger charge is 2.40. The number of rotatable bonds is 8. The summed E-state index contributed by atoms with van der Waals surface area (Å²) in [4.78, 5) is 23.2. The molecule has 0 bridgehead atoms. The molecular formula is C20H25F2N5O4. The number of nitrogens with zero attached hydrogens (tertiary/aromatic N) is 3. The number of carbonyl (C=O) groups is 1. The minimum atomic E-state index is -3.30. The number of alkyl halides is 2. The maximum absolute atomic E-state index is 14.0. The fourth-order valence-corrected chi connectivity index (χ4v) is 3.12. The molecule has 0 atom stereocenters. The van der Waals surface area contributed by atoms with Crippen LogP contribution in [0, 0.1) is 0 Å². The van der Waals surface area contributed by atoms with Crippen LogP contribution in [0.15, 0.2) is 18.3 Å². The lowest BCUT2D eigenvalue weighted by Crippen LogP contribution is -2.47. The van der Waals surface area contributed by atoms with Gasteiger partial charge in [-0.1, -0.05) is 0 Å². The van der Waals surface area contributed by atoms with E-state index in [1.165, 1.54) is 25.3 Å². The van der Waals surface area contributed by atoms with Crippen molar-refractivity contribution in [2.75, 3.05) is 17.2 Å². The van der Waals surface area contributed by atoms with Gasteiger partial charge in [-0.05, 0) is 13.8 Å². The third-order valence-corrected chi connectivity index (χ3v) is 4.45. The molecule has 31 heavy (non-hydrogen) atoms. The van der Waals surface area contributed by atoms with Crippen molar-refractivity contribution in [3.8, 4) is 11.6 Å². The number of amides is 1. The Bertz CT molecular complexity index is 957. The fraction of sp³-hybridized carbons (Fsp3) is 0.500. The molecule has 168 valence electrons. The van der Waals surface area contributed by atoms with Crippen LogP contribution in [0.5, 0.6) is 11.6 Å². The van der Waals surface area contributed by atoms with E-state index >= 15 is 0 Å². The van der Waals surface area contributed by atoms with Crippen LogP contribution in [0.4, 0.5) is 26.1 Å². The first kappa shape index (κ1) is 22.6. The predicted octanol–water partition coefficient (Wildman–Crippen LogP) is 3.38. The van der Waals surface area contributed by atoms with Gasteiger partial charge in [-0.3, -0.25) is 4.79 Å². The lowest BCUT2D eigenvalue weighted by molar-refractivity contribution is -0.114. The van der Waals surface area contributed by atoms with Crippen molar-refractivity contribution >= 4 is 23.2 Å². The van der Waals surface area contributed by atoms with Crippen molar-refractivity contribution in [3.05, 3.63) is 24.2 Å². The lowest BCUT2D eigenvalue weighted by Gasteiger charge is -2.40. The summed E-state index contributed by atoms with van der Waals surface area (Å²) in [6.45, 7) is 5.83. The van der Waals surface area contributed by atoms with Gasteiger partial charge in [0.05, 0.1) is 24.1 Å². The first-order chi connectivity index (χ1) is 14.4. The molecule has 11 heteroatoms. The van der Waals surface area contributed by atoms with Crippen LogP contribution >= 0.6 is 0 Å². The highest BCUT2D eigenvalue weighted by atomic mass is 19.3. The number of anilines is 3. The molecule has 0 aromatic carbocycles. The van der Waals surface area contributed by atoms with E-state index in [1.54, 1.807) is 13.8 Å². The van der Waals surface area contributed by atoms with Gasteiger partial charge in [0.25, 0.3) is 0 Å². The molecule has 1 fully saturated rings. The average Bonchev–Trinajstić information content (AvgIpc) is 2.61. The quantitative estimate of drug-likeness (QED) is 0.575.